The zero-order valence-corrected chi connectivity index (χ0v) is 11.9. The van der Waals surface area contributed by atoms with E-state index in [-0.39, 0.29) is 0 Å². The van der Waals surface area contributed by atoms with Crippen LogP contribution in [0.25, 0.3) is 0 Å². The Bertz CT molecular complexity index is 545. The number of aryl methyl sites for hydroxylation is 1. The third kappa shape index (κ3) is 3.11. The quantitative estimate of drug-likeness (QED) is 0.874. The predicted octanol–water partition coefficient (Wildman–Crippen LogP) is 2.72. The summed E-state index contributed by atoms with van der Waals surface area (Å²) in [4.78, 5) is 2.41. The summed E-state index contributed by atoms with van der Waals surface area (Å²) < 4.78 is 2.16. The molecule has 1 N–H and O–H groups in total. The van der Waals surface area contributed by atoms with E-state index in [1.165, 1.54) is 18.5 Å². The lowest BCUT2D eigenvalue weighted by Gasteiger charge is -2.25. The molecule has 1 aromatic carbocycles. The molecule has 0 radical (unpaired) electrons. The molecule has 0 aliphatic heterocycles. The van der Waals surface area contributed by atoms with Crippen molar-refractivity contribution in [1.82, 2.24) is 9.47 Å². The van der Waals surface area contributed by atoms with Crippen molar-refractivity contribution < 1.29 is 5.11 Å². The van der Waals surface area contributed by atoms with E-state index in [1.54, 1.807) is 0 Å². The summed E-state index contributed by atoms with van der Waals surface area (Å²) in [5, 5.41) is 10.4. The van der Waals surface area contributed by atoms with Crippen molar-refractivity contribution in [2.75, 3.05) is 6.54 Å². The molecule has 1 fully saturated rings. The minimum atomic E-state index is -0.405. The average Bonchev–Trinajstić information content (AvgIpc) is 3.24. The van der Waals surface area contributed by atoms with Gasteiger partial charge in [-0.15, -0.1) is 0 Å². The summed E-state index contributed by atoms with van der Waals surface area (Å²) in [6, 6.07) is 14.8. The normalized spacial score (nSPS) is 16.6. The second kappa shape index (κ2) is 5.81. The van der Waals surface area contributed by atoms with Crippen molar-refractivity contribution in [2.45, 2.75) is 31.5 Å². The first kappa shape index (κ1) is 13.4. The molecule has 0 amide bonds. The number of nitrogens with zero attached hydrogens (tertiary/aromatic N) is 2. The van der Waals surface area contributed by atoms with Gasteiger partial charge in [0.25, 0.3) is 0 Å². The molecule has 3 rings (SSSR count). The Morgan fingerprint density at radius 2 is 1.95 bits per heavy atom. The number of hydrogen-bond donors (Lipinski definition) is 1. The summed E-state index contributed by atoms with van der Waals surface area (Å²) >= 11 is 0. The third-order valence-electron chi connectivity index (χ3n) is 4.07. The largest absolute Gasteiger partial charge is 0.387 e. The van der Waals surface area contributed by atoms with Crippen LogP contribution in [0.15, 0.2) is 48.7 Å². The number of aromatic nitrogens is 1. The van der Waals surface area contributed by atoms with Crippen molar-refractivity contribution in [2.24, 2.45) is 7.05 Å². The fourth-order valence-corrected chi connectivity index (χ4v) is 2.65. The highest BCUT2D eigenvalue weighted by Crippen LogP contribution is 2.30. The molecule has 0 saturated heterocycles. The van der Waals surface area contributed by atoms with Crippen LogP contribution in [0.1, 0.15) is 30.2 Å². The Balaban J connectivity index is 1.67. The molecule has 0 bridgehead atoms. The average molecular weight is 270 g/mol. The summed E-state index contributed by atoms with van der Waals surface area (Å²) in [6.45, 7) is 1.62. The molecule has 3 nitrogen and oxygen atoms in total. The van der Waals surface area contributed by atoms with Crippen molar-refractivity contribution in [3.8, 4) is 0 Å². The molecule has 2 aromatic rings. The van der Waals surface area contributed by atoms with Gasteiger partial charge in [0.2, 0.25) is 0 Å². The van der Waals surface area contributed by atoms with E-state index in [4.69, 9.17) is 0 Å². The molecule has 1 aromatic heterocycles. The highest BCUT2D eigenvalue weighted by molar-refractivity contribution is 5.18. The van der Waals surface area contributed by atoms with Gasteiger partial charge in [-0.2, -0.15) is 0 Å². The van der Waals surface area contributed by atoms with Gasteiger partial charge in [0, 0.05) is 38.1 Å². The number of rotatable bonds is 6. The van der Waals surface area contributed by atoms with Gasteiger partial charge in [-0.1, -0.05) is 30.3 Å². The number of benzene rings is 1. The van der Waals surface area contributed by atoms with Crippen LogP contribution in [0.3, 0.4) is 0 Å². The van der Waals surface area contributed by atoms with Gasteiger partial charge in [0.15, 0.2) is 0 Å². The minimum Gasteiger partial charge on any atom is -0.387 e. The van der Waals surface area contributed by atoms with E-state index in [2.05, 4.69) is 34.8 Å². The van der Waals surface area contributed by atoms with E-state index in [0.29, 0.717) is 12.6 Å². The van der Waals surface area contributed by atoms with Gasteiger partial charge >= 0.3 is 0 Å². The Morgan fingerprint density at radius 1 is 1.20 bits per heavy atom. The Labute approximate surface area is 120 Å². The van der Waals surface area contributed by atoms with E-state index in [1.807, 2.05) is 30.3 Å². The molecule has 1 unspecified atom stereocenters. The molecule has 1 saturated carbocycles. The number of aliphatic hydroxyl groups is 1. The Hall–Kier alpha value is -1.58. The number of aliphatic hydroxyl groups excluding tert-OH is 1. The standard InChI is InChI=1S/C17H22N2O/c1-18-11-5-8-16(18)12-19(15-9-10-15)13-17(20)14-6-3-2-4-7-14/h2-8,11,15,17,20H,9-10,12-13H2,1H3. The van der Waals surface area contributed by atoms with Crippen LogP contribution in [0.4, 0.5) is 0 Å². The maximum atomic E-state index is 10.4. The van der Waals surface area contributed by atoms with Crippen LogP contribution in [-0.2, 0) is 13.6 Å². The smallest absolute Gasteiger partial charge is 0.0917 e. The first-order chi connectivity index (χ1) is 9.74. The van der Waals surface area contributed by atoms with Crippen molar-refractivity contribution >= 4 is 0 Å². The maximum absolute atomic E-state index is 10.4. The van der Waals surface area contributed by atoms with Crippen LogP contribution in [0, 0.1) is 0 Å². The zero-order chi connectivity index (χ0) is 13.9. The summed E-state index contributed by atoms with van der Waals surface area (Å²) in [5.41, 5.74) is 2.31. The van der Waals surface area contributed by atoms with Gasteiger partial charge in [-0.25, -0.2) is 0 Å². The highest BCUT2D eigenvalue weighted by Gasteiger charge is 2.30. The zero-order valence-electron chi connectivity index (χ0n) is 11.9. The molecule has 1 aliphatic rings. The summed E-state index contributed by atoms with van der Waals surface area (Å²) in [7, 11) is 2.08. The van der Waals surface area contributed by atoms with E-state index < -0.39 is 6.10 Å². The fraction of sp³-hybridized carbons (Fsp3) is 0.412. The molecule has 3 heteroatoms. The Kier molecular flexibility index (Phi) is 3.90. The fourth-order valence-electron chi connectivity index (χ4n) is 2.65. The molecule has 1 heterocycles. The molecule has 20 heavy (non-hydrogen) atoms. The third-order valence-corrected chi connectivity index (χ3v) is 4.07. The molecular weight excluding hydrogens is 248 g/mol. The Morgan fingerprint density at radius 3 is 2.55 bits per heavy atom. The number of hydrogen-bond acceptors (Lipinski definition) is 2. The van der Waals surface area contributed by atoms with Crippen LogP contribution >= 0.6 is 0 Å². The monoisotopic (exact) mass is 270 g/mol. The van der Waals surface area contributed by atoms with E-state index in [0.717, 1.165) is 12.1 Å². The van der Waals surface area contributed by atoms with Gasteiger partial charge in [0.05, 0.1) is 6.10 Å². The predicted molar refractivity (Wildman–Crippen MR) is 80.2 cm³/mol. The SMILES string of the molecule is Cn1cccc1CN(CC(O)c1ccccc1)C1CC1. The van der Waals surface area contributed by atoms with Crippen LogP contribution in [-0.4, -0.2) is 27.2 Å². The molecule has 1 aliphatic carbocycles. The van der Waals surface area contributed by atoms with Gasteiger partial charge in [-0.3, -0.25) is 4.90 Å². The van der Waals surface area contributed by atoms with Crippen LogP contribution < -0.4 is 0 Å². The summed E-state index contributed by atoms with van der Waals surface area (Å²) in [6.07, 6.45) is 4.18. The topological polar surface area (TPSA) is 28.4 Å². The lowest BCUT2D eigenvalue weighted by atomic mass is 10.1. The van der Waals surface area contributed by atoms with Gasteiger partial charge in [-0.05, 0) is 30.5 Å². The molecule has 1 atom stereocenters. The van der Waals surface area contributed by atoms with Crippen molar-refractivity contribution in [1.29, 1.82) is 0 Å². The second-order valence-corrected chi connectivity index (χ2v) is 5.70. The lowest BCUT2D eigenvalue weighted by molar-refractivity contribution is 0.103. The molecular formula is C17H22N2O. The maximum Gasteiger partial charge on any atom is 0.0917 e. The summed E-state index contributed by atoms with van der Waals surface area (Å²) in [5.74, 6) is 0. The van der Waals surface area contributed by atoms with Crippen LogP contribution in [0.5, 0.6) is 0 Å². The molecule has 0 spiro atoms. The van der Waals surface area contributed by atoms with E-state index in [9.17, 15) is 5.11 Å². The first-order valence-corrected chi connectivity index (χ1v) is 7.31. The highest BCUT2D eigenvalue weighted by atomic mass is 16.3. The van der Waals surface area contributed by atoms with Crippen molar-refractivity contribution in [3.05, 3.63) is 59.9 Å². The second-order valence-electron chi connectivity index (χ2n) is 5.70. The lowest BCUT2D eigenvalue weighted by Crippen LogP contribution is -2.31. The molecule has 106 valence electrons. The minimum absolute atomic E-state index is 0.405. The van der Waals surface area contributed by atoms with Crippen molar-refractivity contribution in [3.63, 3.8) is 0 Å². The van der Waals surface area contributed by atoms with Crippen LogP contribution in [0.2, 0.25) is 0 Å². The van der Waals surface area contributed by atoms with Gasteiger partial charge in [0.1, 0.15) is 0 Å². The first-order valence-electron chi connectivity index (χ1n) is 7.31. The van der Waals surface area contributed by atoms with E-state index >= 15 is 0 Å². The van der Waals surface area contributed by atoms with Gasteiger partial charge < -0.3 is 9.67 Å².